The standard InChI is InChI=1S/C23H25N3O2S/c1-16-3-6-20(7-4-16)26-10-9-25(12-17(26)2)13-19-14-29-23(24-19)18-5-8-21-22(11-18)28-15-27-21/h3-8,11,14,17H,9-10,12-13,15H2,1-2H3. The lowest BCUT2D eigenvalue weighted by atomic mass is 10.1. The average Bonchev–Trinajstić information content (AvgIpc) is 3.38. The fraction of sp³-hybridized carbons (Fsp3) is 0.348. The summed E-state index contributed by atoms with van der Waals surface area (Å²) < 4.78 is 10.9. The van der Waals surface area contributed by atoms with Crippen LogP contribution in [0.3, 0.4) is 0 Å². The number of piperazine rings is 1. The van der Waals surface area contributed by atoms with E-state index in [1.165, 1.54) is 11.3 Å². The molecular weight excluding hydrogens is 382 g/mol. The van der Waals surface area contributed by atoms with Gasteiger partial charge in [-0.15, -0.1) is 11.3 Å². The zero-order valence-electron chi connectivity index (χ0n) is 16.8. The van der Waals surface area contributed by atoms with Crippen molar-refractivity contribution in [3.63, 3.8) is 0 Å². The Morgan fingerprint density at radius 2 is 1.90 bits per heavy atom. The Balaban J connectivity index is 1.23. The van der Waals surface area contributed by atoms with Crippen molar-refractivity contribution in [2.45, 2.75) is 26.4 Å². The minimum atomic E-state index is 0.300. The SMILES string of the molecule is Cc1ccc(N2CCN(Cc3csc(-c4ccc5c(c4)OCO5)n3)CC2C)cc1. The Morgan fingerprint density at radius 1 is 1.07 bits per heavy atom. The third-order valence-corrected chi connectivity index (χ3v) is 6.57. The monoisotopic (exact) mass is 407 g/mol. The highest BCUT2D eigenvalue weighted by Crippen LogP contribution is 2.36. The van der Waals surface area contributed by atoms with Gasteiger partial charge < -0.3 is 14.4 Å². The Bertz CT molecular complexity index is 1000. The summed E-state index contributed by atoms with van der Waals surface area (Å²) in [7, 11) is 0. The first-order chi connectivity index (χ1) is 14.2. The summed E-state index contributed by atoms with van der Waals surface area (Å²) in [5.74, 6) is 1.62. The van der Waals surface area contributed by atoms with E-state index in [4.69, 9.17) is 14.5 Å². The summed E-state index contributed by atoms with van der Waals surface area (Å²) in [4.78, 5) is 9.90. The van der Waals surface area contributed by atoms with E-state index < -0.39 is 0 Å². The van der Waals surface area contributed by atoms with Crippen LogP contribution in [0, 0.1) is 6.92 Å². The Morgan fingerprint density at radius 3 is 2.72 bits per heavy atom. The van der Waals surface area contributed by atoms with E-state index in [-0.39, 0.29) is 0 Å². The molecule has 1 atom stereocenters. The molecule has 0 bridgehead atoms. The van der Waals surface area contributed by atoms with Gasteiger partial charge in [-0.3, -0.25) is 4.90 Å². The van der Waals surface area contributed by atoms with Crippen molar-refractivity contribution >= 4 is 17.0 Å². The highest BCUT2D eigenvalue weighted by atomic mass is 32.1. The van der Waals surface area contributed by atoms with Crippen LogP contribution >= 0.6 is 11.3 Å². The van der Waals surface area contributed by atoms with E-state index in [9.17, 15) is 0 Å². The van der Waals surface area contributed by atoms with Crippen LogP contribution in [0.2, 0.25) is 0 Å². The molecule has 1 unspecified atom stereocenters. The first kappa shape index (κ1) is 18.5. The fourth-order valence-corrected chi connectivity index (χ4v) is 4.88. The smallest absolute Gasteiger partial charge is 0.231 e. The number of aromatic nitrogens is 1. The summed E-state index contributed by atoms with van der Waals surface area (Å²) in [5, 5.41) is 3.21. The van der Waals surface area contributed by atoms with E-state index in [2.05, 4.69) is 59.4 Å². The van der Waals surface area contributed by atoms with Crippen LogP contribution in [-0.4, -0.2) is 42.4 Å². The molecule has 1 saturated heterocycles. The largest absolute Gasteiger partial charge is 0.454 e. The number of thiazole rings is 1. The topological polar surface area (TPSA) is 37.8 Å². The molecule has 2 aromatic carbocycles. The lowest BCUT2D eigenvalue weighted by Crippen LogP contribution is -2.51. The molecule has 29 heavy (non-hydrogen) atoms. The number of benzene rings is 2. The van der Waals surface area contributed by atoms with Crippen molar-refractivity contribution in [3.8, 4) is 22.1 Å². The number of rotatable bonds is 4. The van der Waals surface area contributed by atoms with Gasteiger partial charge in [-0.05, 0) is 44.2 Å². The third kappa shape index (κ3) is 3.82. The predicted molar refractivity (Wildman–Crippen MR) is 117 cm³/mol. The Hall–Kier alpha value is -2.57. The summed E-state index contributed by atoms with van der Waals surface area (Å²) in [6, 6.07) is 15.4. The second-order valence-electron chi connectivity index (χ2n) is 7.83. The molecule has 0 saturated carbocycles. The van der Waals surface area contributed by atoms with Crippen molar-refractivity contribution < 1.29 is 9.47 Å². The molecule has 3 heterocycles. The number of fused-ring (bicyclic) bond motifs is 1. The second-order valence-corrected chi connectivity index (χ2v) is 8.68. The van der Waals surface area contributed by atoms with Gasteiger partial charge in [0.25, 0.3) is 0 Å². The van der Waals surface area contributed by atoms with E-state index in [1.807, 2.05) is 12.1 Å². The predicted octanol–water partition coefficient (Wildman–Crippen LogP) is 4.56. The van der Waals surface area contributed by atoms with Crippen molar-refractivity contribution in [2.75, 3.05) is 31.3 Å². The maximum Gasteiger partial charge on any atom is 0.231 e. The molecule has 5 nitrogen and oxygen atoms in total. The molecule has 0 amide bonds. The molecule has 0 radical (unpaired) electrons. The van der Waals surface area contributed by atoms with E-state index in [0.717, 1.165) is 53.9 Å². The van der Waals surface area contributed by atoms with Gasteiger partial charge in [0.15, 0.2) is 11.5 Å². The number of hydrogen-bond donors (Lipinski definition) is 0. The molecule has 3 aromatic rings. The lowest BCUT2D eigenvalue weighted by molar-refractivity contribution is 0.174. The minimum Gasteiger partial charge on any atom is -0.454 e. The normalized spacial score (nSPS) is 19.0. The van der Waals surface area contributed by atoms with Gasteiger partial charge in [0.1, 0.15) is 5.01 Å². The Labute approximate surface area is 175 Å². The first-order valence-corrected chi connectivity index (χ1v) is 10.9. The molecular formula is C23H25N3O2S. The van der Waals surface area contributed by atoms with Gasteiger partial charge in [0.05, 0.1) is 5.69 Å². The number of anilines is 1. The summed E-state index contributed by atoms with van der Waals surface area (Å²) in [5.41, 5.74) is 4.85. The Kier molecular flexibility index (Phi) is 4.89. The molecule has 1 fully saturated rings. The molecule has 2 aliphatic rings. The van der Waals surface area contributed by atoms with Crippen LogP contribution in [0.25, 0.3) is 10.6 Å². The summed E-state index contributed by atoms with van der Waals surface area (Å²) >= 11 is 1.69. The molecule has 0 spiro atoms. The van der Waals surface area contributed by atoms with Gasteiger partial charge in [-0.25, -0.2) is 4.98 Å². The van der Waals surface area contributed by atoms with E-state index in [0.29, 0.717) is 12.8 Å². The van der Waals surface area contributed by atoms with Crippen LogP contribution in [0.15, 0.2) is 47.8 Å². The highest BCUT2D eigenvalue weighted by Gasteiger charge is 2.24. The van der Waals surface area contributed by atoms with E-state index >= 15 is 0 Å². The van der Waals surface area contributed by atoms with Gasteiger partial charge in [-0.2, -0.15) is 0 Å². The molecule has 5 rings (SSSR count). The lowest BCUT2D eigenvalue weighted by Gasteiger charge is -2.41. The quantitative estimate of drug-likeness (QED) is 0.634. The van der Waals surface area contributed by atoms with Gasteiger partial charge in [0.2, 0.25) is 6.79 Å². The van der Waals surface area contributed by atoms with Crippen LogP contribution in [-0.2, 0) is 6.54 Å². The number of ether oxygens (including phenoxy) is 2. The third-order valence-electron chi connectivity index (χ3n) is 5.63. The molecule has 6 heteroatoms. The first-order valence-electron chi connectivity index (χ1n) is 10.1. The zero-order valence-corrected chi connectivity index (χ0v) is 17.6. The zero-order chi connectivity index (χ0) is 19.8. The van der Waals surface area contributed by atoms with Crippen LogP contribution in [0.5, 0.6) is 11.5 Å². The second kappa shape index (κ2) is 7.69. The van der Waals surface area contributed by atoms with Crippen LogP contribution in [0.1, 0.15) is 18.2 Å². The summed E-state index contributed by atoms with van der Waals surface area (Å²) in [6.07, 6.45) is 0. The van der Waals surface area contributed by atoms with Gasteiger partial charge in [-0.1, -0.05) is 17.7 Å². The molecule has 0 N–H and O–H groups in total. The van der Waals surface area contributed by atoms with Crippen molar-refractivity contribution in [2.24, 2.45) is 0 Å². The fourth-order valence-electron chi connectivity index (χ4n) is 4.07. The van der Waals surface area contributed by atoms with Crippen molar-refractivity contribution in [3.05, 3.63) is 59.1 Å². The van der Waals surface area contributed by atoms with Crippen molar-refractivity contribution in [1.82, 2.24) is 9.88 Å². The maximum absolute atomic E-state index is 5.50. The number of nitrogens with zero attached hydrogens (tertiary/aromatic N) is 3. The van der Waals surface area contributed by atoms with Crippen LogP contribution < -0.4 is 14.4 Å². The van der Waals surface area contributed by atoms with Crippen LogP contribution in [0.4, 0.5) is 5.69 Å². The summed E-state index contributed by atoms with van der Waals surface area (Å²) in [6.45, 7) is 8.78. The number of hydrogen-bond acceptors (Lipinski definition) is 6. The molecule has 2 aliphatic heterocycles. The minimum absolute atomic E-state index is 0.300. The molecule has 150 valence electrons. The molecule has 1 aromatic heterocycles. The van der Waals surface area contributed by atoms with E-state index in [1.54, 1.807) is 11.3 Å². The number of aryl methyl sites for hydroxylation is 1. The maximum atomic E-state index is 5.50. The highest BCUT2D eigenvalue weighted by molar-refractivity contribution is 7.13. The molecule has 0 aliphatic carbocycles. The average molecular weight is 408 g/mol. The van der Waals surface area contributed by atoms with Gasteiger partial charge in [0, 0.05) is 48.9 Å². The van der Waals surface area contributed by atoms with Crippen molar-refractivity contribution in [1.29, 1.82) is 0 Å². The van der Waals surface area contributed by atoms with Gasteiger partial charge >= 0.3 is 0 Å².